The Morgan fingerprint density at radius 3 is 0.895 bits per heavy atom. The zero-order valence-electron chi connectivity index (χ0n) is 50.8. The second-order valence-corrected chi connectivity index (χ2v) is 22.4. The van der Waals surface area contributed by atoms with Gasteiger partial charge in [0.25, 0.3) is 0 Å². The van der Waals surface area contributed by atoms with Crippen LogP contribution in [-0.2, 0) is 28.6 Å². The zero-order chi connectivity index (χ0) is 55.0. The van der Waals surface area contributed by atoms with Crippen molar-refractivity contribution in [3.63, 3.8) is 0 Å². The maximum Gasteiger partial charge on any atom is 0.306 e. The van der Waals surface area contributed by atoms with Crippen molar-refractivity contribution in [2.24, 2.45) is 0 Å². The summed E-state index contributed by atoms with van der Waals surface area (Å²) >= 11 is 0. The molecule has 0 spiro atoms. The summed E-state index contributed by atoms with van der Waals surface area (Å²) in [5.41, 5.74) is 0. The summed E-state index contributed by atoms with van der Waals surface area (Å²) in [5, 5.41) is 0. The Kier molecular flexibility index (Phi) is 62.2. The Morgan fingerprint density at radius 1 is 0.276 bits per heavy atom. The van der Waals surface area contributed by atoms with Gasteiger partial charge >= 0.3 is 17.9 Å². The van der Waals surface area contributed by atoms with Gasteiger partial charge in [-0.2, -0.15) is 0 Å². The molecule has 0 aromatic heterocycles. The van der Waals surface area contributed by atoms with Crippen molar-refractivity contribution in [2.45, 2.75) is 354 Å². The molecule has 0 fully saturated rings. The van der Waals surface area contributed by atoms with E-state index in [9.17, 15) is 14.4 Å². The van der Waals surface area contributed by atoms with Crippen molar-refractivity contribution < 1.29 is 28.6 Å². The lowest BCUT2D eigenvalue weighted by atomic mass is 10.0. The van der Waals surface area contributed by atoms with Crippen LogP contribution >= 0.6 is 0 Å². The first-order chi connectivity index (χ1) is 37.5. The molecule has 1 atom stereocenters. The molecular formula is C70H126O6. The summed E-state index contributed by atoms with van der Waals surface area (Å²) in [5.74, 6) is -0.983. The zero-order valence-corrected chi connectivity index (χ0v) is 50.8. The van der Waals surface area contributed by atoms with Crippen molar-refractivity contribution in [3.05, 3.63) is 60.8 Å². The molecule has 0 saturated heterocycles. The molecule has 0 amide bonds. The Bertz CT molecular complexity index is 1360. The van der Waals surface area contributed by atoms with Crippen LogP contribution in [0, 0.1) is 0 Å². The third-order valence-corrected chi connectivity index (χ3v) is 14.8. The normalized spacial score (nSPS) is 12.4. The standard InChI is InChI=1S/C70H126O6/c1-4-7-10-13-16-19-22-24-25-26-27-28-29-30-31-32-33-34-35-36-37-38-39-40-41-42-43-44-46-48-51-54-57-60-63-69(72)75-66-67(65-74-68(71)62-59-56-53-50-47-21-18-15-12-9-6-3)76-70(73)64-61-58-55-52-49-45-23-20-17-14-11-8-5-2/h8,11,15,17-18,20,45,49,55,58,67H,4-7,9-10,12-14,16,19,21-44,46-48,50-54,56-57,59-66H2,1-3H3/b11-8-,18-15-,20-17-,49-45-,58-55-. The van der Waals surface area contributed by atoms with E-state index in [2.05, 4.69) is 75.5 Å². The van der Waals surface area contributed by atoms with Gasteiger partial charge in [-0.15, -0.1) is 0 Å². The lowest BCUT2D eigenvalue weighted by Gasteiger charge is -2.18. The molecule has 0 radical (unpaired) electrons. The molecule has 0 N–H and O–H groups in total. The van der Waals surface area contributed by atoms with E-state index in [0.29, 0.717) is 19.3 Å². The van der Waals surface area contributed by atoms with E-state index in [4.69, 9.17) is 14.2 Å². The number of esters is 3. The van der Waals surface area contributed by atoms with Crippen LogP contribution in [0.15, 0.2) is 60.8 Å². The van der Waals surface area contributed by atoms with E-state index >= 15 is 0 Å². The van der Waals surface area contributed by atoms with Crippen molar-refractivity contribution in [1.82, 2.24) is 0 Å². The Balaban J connectivity index is 4.03. The van der Waals surface area contributed by atoms with Crippen LogP contribution in [0.3, 0.4) is 0 Å². The summed E-state index contributed by atoms with van der Waals surface area (Å²) in [4.78, 5) is 38.1. The maximum absolute atomic E-state index is 12.8. The van der Waals surface area contributed by atoms with Crippen molar-refractivity contribution in [2.75, 3.05) is 13.2 Å². The largest absolute Gasteiger partial charge is 0.462 e. The first-order valence-corrected chi connectivity index (χ1v) is 33.3. The summed E-state index contributed by atoms with van der Waals surface area (Å²) in [6, 6.07) is 0. The summed E-state index contributed by atoms with van der Waals surface area (Å²) in [6.45, 7) is 6.45. The summed E-state index contributed by atoms with van der Waals surface area (Å²) in [7, 11) is 0. The Morgan fingerprint density at radius 2 is 0.553 bits per heavy atom. The number of hydrogen-bond donors (Lipinski definition) is 0. The topological polar surface area (TPSA) is 78.9 Å². The molecule has 0 rings (SSSR count). The molecule has 6 heteroatoms. The third-order valence-electron chi connectivity index (χ3n) is 14.8. The molecule has 0 aliphatic carbocycles. The first kappa shape index (κ1) is 73.1. The van der Waals surface area contributed by atoms with Crippen LogP contribution in [0.1, 0.15) is 348 Å². The van der Waals surface area contributed by atoms with Crippen molar-refractivity contribution in [1.29, 1.82) is 0 Å². The predicted octanol–water partition coefficient (Wildman–Crippen LogP) is 22.7. The van der Waals surface area contributed by atoms with Gasteiger partial charge in [-0.05, 0) is 64.2 Å². The van der Waals surface area contributed by atoms with Crippen LogP contribution in [0.5, 0.6) is 0 Å². The number of rotatable bonds is 61. The number of hydrogen-bond acceptors (Lipinski definition) is 6. The molecule has 0 aliphatic rings. The highest BCUT2D eigenvalue weighted by Crippen LogP contribution is 2.18. The SMILES string of the molecule is CC/C=C\C/C=C\C/C=C\C/C=C\CCC(=O)OC(COC(=O)CCCCCCC/C=C\CCCC)COC(=O)CCCCCCCCCCCCCCCCCCCCCCCCCCCCCCCCCCCC. The Hall–Kier alpha value is -2.89. The van der Waals surface area contributed by atoms with Gasteiger partial charge in [0.15, 0.2) is 6.10 Å². The predicted molar refractivity (Wildman–Crippen MR) is 330 cm³/mol. The number of carbonyl (C=O) groups is 3. The highest BCUT2D eigenvalue weighted by atomic mass is 16.6. The Labute approximate surface area is 472 Å². The van der Waals surface area contributed by atoms with E-state index in [1.54, 1.807) is 0 Å². The minimum absolute atomic E-state index is 0.103. The molecule has 1 unspecified atom stereocenters. The van der Waals surface area contributed by atoms with Gasteiger partial charge in [-0.1, -0.05) is 326 Å². The third kappa shape index (κ3) is 62.0. The molecule has 0 aromatic rings. The monoisotopic (exact) mass is 1060 g/mol. The molecule has 0 bridgehead atoms. The second kappa shape index (κ2) is 64.6. The first-order valence-electron chi connectivity index (χ1n) is 33.3. The molecule has 76 heavy (non-hydrogen) atoms. The van der Waals surface area contributed by atoms with E-state index < -0.39 is 6.10 Å². The van der Waals surface area contributed by atoms with Crippen LogP contribution in [0.2, 0.25) is 0 Å². The number of ether oxygens (including phenoxy) is 3. The van der Waals surface area contributed by atoms with Gasteiger partial charge in [0, 0.05) is 19.3 Å². The molecule has 0 saturated carbocycles. The van der Waals surface area contributed by atoms with Gasteiger partial charge in [-0.3, -0.25) is 14.4 Å². The smallest absolute Gasteiger partial charge is 0.306 e. The van der Waals surface area contributed by atoms with Gasteiger partial charge in [-0.25, -0.2) is 0 Å². The average molecular weight is 1060 g/mol. The fourth-order valence-electron chi connectivity index (χ4n) is 9.79. The minimum Gasteiger partial charge on any atom is -0.462 e. The van der Waals surface area contributed by atoms with Gasteiger partial charge in [0.2, 0.25) is 0 Å². The fourth-order valence-corrected chi connectivity index (χ4v) is 9.79. The van der Waals surface area contributed by atoms with Gasteiger partial charge in [0.1, 0.15) is 13.2 Å². The van der Waals surface area contributed by atoms with Crippen LogP contribution in [0.4, 0.5) is 0 Å². The van der Waals surface area contributed by atoms with Gasteiger partial charge < -0.3 is 14.2 Å². The lowest BCUT2D eigenvalue weighted by Crippen LogP contribution is -2.30. The maximum atomic E-state index is 12.8. The number of unbranched alkanes of at least 4 members (excludes halogenated alkanes) is 40. The lowest BCUT2D eigenvalue weighted by molar-refractivity contribution is -0.166. The molecule has 0 heterocycles. The van der Waals surface area contributed by atoms with E-state index in [1.165, 1.54) is 225 Å². The quantitative estimate of drug-likeness (QED) is 0.0261. The summed E-state index contributed by atoms with van der Waals surface area (Å²) in [6.07, 6.45) is 83.0. The van der Waals surface area contributed by atoms with E-state index in [1.807, 2.05) is 6.08 Å². The average Bonchev–Trinajstić information content (AvgIpc) is 3.42. The van der Waals surface area contributed by atoms with Crippen molar-refractivity contribution >= 4 is 17.9 Å². The minimum atomic E-state index is -0.814. The van der Waals surface area contributed by atoms with Gasteiger partial charge in [0.05, 0.1) is 0 Å². The molecule has 6 nitrogen and oxygen atoms in total. The molecule has 442 valence electrons. The molecular weight excluding hydrogens is 937 g/mol. The highest BCUT2D eigenvalue weighted by Gasteiger charge is 2.19. The fraction of sp³-hybridized carbons (Fsp3) is 0.814. The molecule has 0 aliphatic heterocycles. The van der Waals surface area contributed by atoms with Crippen LogP contribution in [-0.4, -0.2) is 37.2 Å². The van der Waals surface area contributed by atoms with E-state index in [-0.39, 0.29) is 37.5 Å². The highest BCUT2D eigenvalue weighted by molar-refractivity contribution is 5.71. The summed E-state index contributed by atoms with van der Waals surface area (Å²) < 4.78 is 16.8. The van der Waals surface area contributed by atoms with Crippen LogP contribution < -0.4 is 0 Å². The molecule has 0 aromatic carbocycles. The van der Waals surface area contributed by atoms with E-state index in [0.717, 1.165) is 77.0 Å². The number of carbonyl (C=O) groups excluding carboxylic acids is 3. The number of allylic oxidation sites excluding steroid dienone is 10. The second-order valence-electron chi connectivity index (χ2n) is 22.4. The van der Waals surface area contributed by atoms with Crippen molar-refractivity contribution in [3.8, 4) is 0 Å². The van der Waals surface area contributed by atoms with Crippen LogP contribution in [0.25, 0.3) is 0 Å².